The predicted octanol–water partition coefficient (Wildman–Crippen LogP) is 5.38. The van der Waals surface area contributed by atoms with Gasteiger partial charge in [-0.1, -0.05) is 18.2 Å². The minimum atomic E-state index is -0.0374. The lowest BCUT2D eigenvalue weighted by Crippen LogP contribution is -2.46. The molecule has 2 aliphatic rings. The molecule has 6 nitrogen and oxygen atoms in total. The summed E-state index contributed by atoms with van der Waals surface area (Å²) in [5.74, 6) is 0.990. The minimum absolute atomic E-state index is 0.0374. The number of likely N-dealkylation sites (tertiary alicyclic amines) is 2. The molecule has 2 aliphatic heterocycles. The number of para-hydroxylation sites is 1. The summed E-state index contributed by atoms with van der Waals surface area (Å²) in [7, 11) is 1.61. The molecule has 2 aromatic carbocycles. The monoisotopic (exact) mass is 477 g/mol. The van der Waals surface area contributed by atoms with Gasteiger partial charge in [0.15, 0.2) is 22.2 Å². The third-order valence-corrected chi connectivity index (χ3v) is 7.61. The van der Waals surface area contributed by atoms with E-state index in [9.17, 15) is 4.79 Å². The highest BCUT2D eigenvalue weighted by Gasteiger charge is 2.43. The molecule has 1 amide bonds. The van der Waals surface area contributed by atoms with Gasteiger partial charge in [-0.3, -0.25) is 4.79 Å². The summed E-state index contributed by atoms with van der Waals surface area (Å²) >= 11 is 5.71. The number of furan rings is 1. The van der Waals surface area contributed by atoms with Crippen LogP contribution in [-0.2, 0) is 0 Å². The number of carbonyl (C=O) groups excluding carboxylic acids is 1. The lowest BCUT2D eigenvalue weighted by molar-refractivity contribution is 0.0720. The van der Waals surface area contributed by atoms with Crippen LogP contribution in [0.3, 0.4) is 0 Å². The van der Waals surface area contributed by atoms with Gasteiger partial charge >= 0.3 is 0 Å². The fourth-order valence-electron chi connectivity index (χ4n) is 5.41. The number of fused-ring (bicyclic) bond motifs is 1. The topological polar surface area (TPSA) is 58.0 Å². The van der Waals surface area contributed by atoms with Crippen LogP contribution >= 0.6 is 12.2 Å². The zero-order valence-corrected chi connectivity index (χ0v) is 20.8. The maximum Gasteiger partial charge on any atom is 0.289 e. The average molecular weight is 478 g/mol. The fraction of sp³-hybridized carbons (Fsp3) is 0.407. The van der Waals surface area contributed by atoms with Gasteiger partial charge in [-0.25, -0.2) is 0 Å². The van der Waals surface area contributed by atoms with Crippen LogP contribution in [0.25, 0.3) is 11.0 Å². The number of hydrogen-bond donors (Lipinski definition) is 1. The van der Waals surface area contributed by atoms with E-state index in [-0.39, 0.29) is 11.3 Å². The van der Waals surface area contributed by atoms with Crippen molar-refractivity contribution in [1.29, 1.82) is 0 Å². The quantitative estimate of drug-likeness (QED) is 0.511. The van der Waals surface area contributed by atoms with Crippen molar-refractivity contribution in [3.63, 3.8) is 0 Å². The molecule has 178 valence electrons. The molecule has 3 heterocycles. The van der Waals surface area contributed by atoms with Crippen LogP contribution < -0.4 is 10.1 Å². The average Bonchev–Trinajstić information content (AvgIpc) is 3.43. The van der Waals surface area contributed by atoms with Gasteiger partial charge in [-0.15, -0.1) is 0 Å². The number of nitrogens with one attached hydrogen (secondary N) is 1. The first-order chi connectivity index (χ1) is 16.4. The van der Waals surface area contributed by atoms with Gasteiger partial charge in [0.25, 0.3) is 5.91 Å². The number of aryl methyl sites for hydroxylation is 2. The molecule has 0 radical (unpaired) electrons. The number of methoxy groups -OCH3 is 1. The van der Waals surface area contributed by atoms with Gasteiger partial charge in [-0.2, -0.15) is 0 Å². The van der Waals surface area contributed by atoms with Crippen molar-refractivity contribution in [2.75, 3.05) is 38.6 Å². The Kier molecular flexibility index (Phi) is 5.98. The van der Waals surface area contributed by atoms with Gasteiger partial charge in [0.1, 0.15) is 0 Å². The lowest BCUT2D eigenvalue weighted by Gasteiger charge is -2.40. The van der Waals surface area contributed by atoms with Crippen LogP contribution in [0.2, 0.25) is 0 Å². The summed E-state index contributed by atoms with van der Waals surface area (Å²) in [4.78, 5) is 17.4. The number of ether oxygens (including phenoxy) is 1. The highest BCUT2D eigenvalue weighted by molar-refractivity contribution is 7.80. The molecule has 2 saturated heterocycles. The summed E-state index contributed by atoms with van der Waals surface area (Å²) in [6, 6.07) is 13.9. The first kappa shape index (κ1) is 22.7. The molecule has 34 heavy (non-hydrogen) atoms. The molecule has 1 spiro atoms. The Balaban J connectivity index is 1.20. The van der Waals surface area contributed by atoms with Crippen molar-refractivity contribution in [3.8, 4) is 5.75 Å². The van der Waals surface area contributed by atoms with Crippen LogP contribution in [0.1, 0.15) is 40.9 Å². The fourth-order valence-corrected chi connectivity index (χ4v) is 5.71. The second kappa shape index (κ2) is 8.95. The Bertz CT molecular complexity index is 1220. The van der Waals surface area contributed by atoms with Crippen molar-refractivity contribution in [3.05, 3.63) is 59.4 Å². The zero-order valence-electron chi connectivity index (χ0n) is 20.0. The maximum atomic E-state index is 13.2. The van der Waals surface area contributed by atoms with Crippen LogP contribution in [0.5, 0.6) is 5.75 Å². The number of thiocarbonyl (C=S) groups is 1. The highest BCUT2D eigenvalue weighted by atomic mass is 32.1. The van der Waals surface area contributed by atoms with E-state index in [1.54, 1.807) is 7.11 Å². The molecule has 0 saturated carbocycles. The van der Waals surface area contributed by atoms with Gasteiger partial charge < -0.3 is 24.3 Å². The number of carbonyl (C=O) groups is 1. The number of hydrogen-bond acceptors (Lipinski definition) is 4. The summed E-state index contributed by atoms with van der Waals surface area (Å²) < 4.78 is 11.3. The molecule has 7 heteroatoms. The van der Waals surface area contributed by atoms with Crippen molar-refractivity contribution < 1.29 is 13.9 Å². The van der Waals surface area contributed by atoms with Gasteiger partial charge in [0.2, 0.25) is 0 Å². The molecule has 1 N–H and O–H groups in total. The van der Waals surface area contributed by atoms with Gasteiger partial charge in [0.05, 0.1) is 7.11 Å². The Morgan fingerprint density at radius 1 is 1.03 bits per heavy atom. The molecular formula is C27H31N3O3S. The summed E-state index contributed by atoms with van der Waals surface area (Å²) in [6.07, 6.45) is 3.08. The normalized spacial score (nSPS) is 17.4. The molecule has 0 bridgehead atoms. The number of anilines is 1. The Morgan fingerprint density at radius 3 is 2.38 bits per heavy atom. The first-order valence-corrected chi connectivity index (χ1v) is 12.3. The van der Waals surface area contributed by atoms with E-state index in [1.807, 2.05) is 29.2 Å². The van der Waals surface area contributed by atoms with E-state index >= 15 is 0 Å². The third kappa shape index (κ3) is 4.37. The summed E-state index contributed by atoms with van der Waals surface area (Å²) in [5, 5.41) is 5.08. The van der Waals surface area contributed by atoms with Crippen LogP contribution in [0.4, 0.5) is 5.69 Å². The van der Waals surface area contributed by atoms with Crippen LogP contribution in [-0.4, -0.2) is 54.1 Å². The molecular weight excluding hydrogens is 446 g/mol. The van der Waals surface area contributed by atoms with E-state index in [0.717, 1.165) is 61.6 Å². The van der Waals surface area contributed by atoms with E-state index in [0.29, 0.717) is 17.1 Å². The lowest BCUT2D eigenvalue weighted by atomic mass is 9.78. The second-order valence-corrected chi connectivity index (χ2v) is 10.1. The van der Waals surface area contributed by atoms with Gasteiger partial charge in [0, 0.05) is 37.3 Å². The number of rotatable bonds is 3. The number of piperidine rings is 1. The van der Waals surface area contributed by atoms with Crippen molar-refractivity contribution in [2.24, 2.45) is 5.41 Å². The van der Waals surface area contributed by atoms with Gasteiger partial charge in [-0.05, 0) is 86.1 Å². The number of amides is 1. The number of nitrogens with zero attached hydrogens (tertiary/aromatic N) is 2. The van der Waals surface area contributed by atoms with E-state index in [1.165, 1.54) is 11.1 Å². The highest BCUT2D eigenvalue weighted by Crippen LogP contribution is 2.41. The smallest absolute Gasteiger partial charge is 0.289 e. The SMILES string of the molecule is COc1cccc2cc(C(=O)N3CCC4(CCN(C(=S)Nc5cc(C)cc(C)c5)CC4)C3)oc12. The van der Waals surface area contributed by atoms with E-state index in [4.69, 9.17) is 21.4 Å². The van der Waals surface area contributed by atoms with Crippen molar-refractivity contribution >= 4 is 39.9 Å². The van der Waals surface area contributed by atoms with E-state index in [2.05, 4.69) is 42.3 Å². The summed E-state index contributed by atoms with van der Waals surface area (Å²) in [5.41, 5.74) is 4.28. The molecule has 1 aromatic heterocycles. The molecule has 0 aliphatic carbocycles. The molecule has 2 fully saturated rings. The first-order valence-electron chi connectivity index (χ1n) is 11.9. The van der Waals surface area contributed by atoms with Crippen LogP contribution in [0.15, 0.2) is 46.9 Å². The Labute approximate surface area is 205 Å². The minimum Gasteiger partial charge on any atom is -0.493 e. The molecule has 0 atom stereocenters. The van der Waals surface area contributed by atoms with Crippen molar-refractivity contribution in [1.82, 2.24) is 9.80 Å². The Hall–Kier alpha value is -3.06. The third-order valence-electron chi connectivity index (χ3n) is 7.25. The molecule has 5 rings (SSSR count). The second-order valence-electron chi connectivity index (χ2n) is 9.76. The predicted molar refractivity (Wildman–Crippen MR) is 139 cm³/mol. The Morgan fingerprint density at radius 2 is 1.71 bits per heavy atom. The summed E-state index contributed by atoms with van der Waals surface area (Å²) in [6.45, 7) is 7.53. The standard InChI is InChI=1S/C27H31N3O3S/c1-18-13-19(2)15-21(14-18)28-26(34)29-10-7-27(8-11-29)9-12-30(17-27)25(31)23-16-20-5-4-6-22(32-3)24(20)33-23/h4-6,13-16H,7-12,17H2,1-3H3,(H,28,34). The van der Waals surface area contributed by atoms with E-state index < -0.39 is 0 Å². The maximum absolute atomic E-state index is 13.2. The molecule has 3 aromatic rings. The number of benzene rings is 2. The van der Waals surface area contributed by atoms with Crippen LogP contribution in [0, 0.1) is 19.3 Å². The largest absolute Gasteiger partial charge is 0.493 e. The van der Waals surface area contributed by atoms with Crippen molar-refractivity contribution in [2.45, 2.75) is 33.1 Å². The zero-order chi connectivity index (χ0) is 23.9. The molecule has 0 unspecified atom stereocenters.